The average molecular weight is 395 g/mol. The third-order valence-electron chi connectivity index (χ3n) is 5.18. The zero-order chi connectivity index (χ0) is 19.3. The van der Waals surface area contributed by atoms with Gasteiger partial charge in [-0.3, -0.25) is 20.1 Å². The number of non-ortho nitro benzene ring substituents is 1. The molecule has 28 heavy (non-hydrogen) atoms. The van der Waals surface area contributed by atoms with Crippen molar-refractivity contribution >= 4 is 17.0 Å². The Morgan fingerprint density at radius 3 is 2.64 bits per heavy atom. The minimum Gasteiger partial charge on any atom is -0.314 e. The summed E-state index contributed by atoms with van der Waals surface area (Å²) in [7, 11) is 0. The van der Waals surface area contributed by atoms with Gasteiger partial charge in [-0.05, 0) is 42.2 Å². The van der Waals surface area contributed by atoms with Gasteiger partial charge in [0, 0.05) is 35.9 Å². The van der Waals surface area contributed by atoms with Crippen molar-refractivity contribution < 1.29 is 4.92 Å². The number of rotatable bonds is 5. The van der Waals surface area contributed by atoms with Crippen molar-refractivity contribution in [2.75, 3.05) is 0 Å². The second kappa shape index (κ2) is 8.48. The van der Waals surface area contributed by atoms with Gasteiger partial charge in [0.2, 0.25) is 0 Å². The largest absolute Gasteiger partial charge is 0.314 e. The Bertz CT molecular complexity index is 1000. The molecule has 1 aromatic carbocycles. The van der Waals surface area contributed by atoms with Gasteiger partial charge in [-0.15, -0.1) is 11.3 Å². The smallest absolute Gasteiger partial charge is 0.269 e. The molecule has 4 rings (SSSR count). The Kier molecular flexibility index (Phi) is 5.62. The van der Waals surface area contributed by atoms with Gasteiger partial charge in [0.15, 0.2) is 4.80 Å². The minimum absolute atomic E-state index is 0.115. The molecule has 1 saturated carbocycles. The van der Waals surface area contributed by atoms with Gasteiger partial charge in [0.1, 0.15) is 0 Å². The number of benzene rings is 1. The maximum Gasteiger partial charge on any atom is 0.269 e. The number of nitro groups is 1. The monoisotopic (exact) mass is 394 g/mol. The summed E-state index contributed by atoms with van der Waals surface area (Å²) in [4.78, 5) is 20.7. The van der Waals surface area contributed by atoms with E-state index in [0.717, 1.165) is 34.5 Å². The van der Waals surface area contributed by atoms with E-state index in [0.29, 0.717) is 12.6 Å². The van der Waals surface area contributed by atoms with Gasteiger partial charge in [0.25, 0.3) is 5.69 Å². The van der Waals surface area contributed by atoms with Gasteiger partial charge in [-0.2, -0.15) is 0 Å². The molecular formula is C21H22N4O2S. The molecule has 1 aliphatic carbocycles. The molecule has 0 aliphatic heterocycles. The number of hydrogen-bond acceptors (Lipinski definition) is 5. The second-order valence-electron chi connectivity index (χ2n) is 7.05. The van der Waals surface area contributed by atoms with Gasteiger partial charge >= 0.3 is 0 Å². The van der Waals surface area contributed by atoms with E-state index >= 15 is 0 Å². The zero-order valence-corrected chi connectivity index (χ0v) is 16.3. The van der Waals surface area contributed by atoms with Crippen molar-refractivity contribution in [3.63, 3.8) is 0 Å². The summed E-state index contributed by atoms with van der Waals surface area (Å²) >= 11 is 1.64. The lowest BCUT2D eigenvalue weighted by atomic mass is 9.95. The second-order valence-corrected chi connectivity index (χ2v) is 7.88. The number of hydrogen-bond donors (Lipinski definition) is 0. The van der Waals surface area contributed by atoms with Crippen molar-refractivity contribution in [3.8, 4) is 11.3 Å². The quantitative estimate of drug-likeness (QED) is 0.445. The van der Waals surface area contributed by atoms with Crippen LogP contribution >= 0.6 is 11.3 Å². The molecule has 0 radical (unpaired) electrons. The molecule has 1 aliphatic rings. The molecular weight excluding hydrogens is 372 g/mol. The predicted molar refractivity (Wildman–Crippen MR) is 110 cm³/mol. The van der Waals surface area contributed by atoms with Crippen molar-refractivity contribution in [3.05, 3.63) is 74.7 Å². The van der Waals surface area contributed by atoms with E-state index in [2.05, 4.69) is 14.9 Å². The lowest BCUT2D eigenvalue weighted by molar-refractivity contribution is -0.384. The van der Waals surface area contributed by atoms with Crippen LogP contribution in [-0.2, 0) is 6.54 Å². The zero-order valence-electron chi connectivity index (χ0n) is 15.5. The van der Waals surface area contributed by atoms with Crippen LogP contribution in [0.25, 0.3) is 11.3 Å². The Labute approximate surface area is 167 Å². The van der Waals surface area contributed by atoms with Crippen LogP contribution in [0.2, 0.25) is 0 Å². The number of nitro benzene ring substituents is 1. The molecule has 7 heteroatoms. The molecule has 6 nitrogen and oxygen atoms in total. The topological polar surface area (TPSA) is 73.3 Å². The highest BCUT2D eigenvalue weighted by Crippen LogP contribution is 2.32. The molecule has 3 aromatic rings. The molecule has 0 bridgehead atoms. The van der Waals surface area contributed by atoms with Crippen LogP contribution in [0.1, 0.15) is 43.7 Å². The van der Waals surface area contributed by atoms with E-state index < -0.39 is 0 Å². The number of pyridine rings is 1. The number of nitrogens with zero attached hydrogens (tertiary/aromatic N) is 4. The molecule has 0 amide bonds. The lowest BCUT2D eigenvalue weighted by Crippen LogP contribution is -2.24. The molecule has 2 aromatic heterocycles. The van der Waals surface area contributed by atoms with Gasteiger partial charge in [-0.25, -0.2) is 0 Å². The first-order valence-corrected chi connectivity index (χ1v) is 10.4. The minimum atomic E-state index is -0.360. The summed E-state index contributed by atoms with van der Waals surface area (Å²) in [6.07, 6.45) is 9.66. The summed E-state index contributed by atoms with van der Waals surface area (Å²) in [5.41, 5.74) is 3.29. The van der Waals surface area contributed by atoms with Crippen molar-refractivity contribution in [2.45, 2.75) is 44.7 Å². The Morgan fingerprint density at radius 2 is 1.96 bits per heavy atom. The van der Waals surface area contributed by atoms with Crippen molar-refractivity contribution in [1.82, 2.24) is 9.55 Å². The first-order valence-electron chi connectivity index (χ1n) is 9.56. The van der Waals surface area contributed by atoms with Crippen LogP contribution in [0, 0.1) is 10.1 Å². The molecule has 1 fully saturated rings. The van der Waals surface area contributed by atoms with E-state index in [1.165, 1.54) is 19.3 Å². The standard InChI is InChI=1S/C21H22N4O2S/c26-25(27)19-10-8-17(9-11-19)20-15-28-21(23-14-16-5-4-12-22-13-16)24(20)18-6-2-1-3-7-18/h4-5,8-13,15,18H,1-3,6-7,14H2. The summed E-state index contributed by atoms with van der Waals surface area (Å²) in [6, 6.07) is 11.2. The van der Waals surface area contributed by atoms with Crippen LogP contribution in [0.15, 0.2) is 59.2 Å². The van der Waals surface area contributed by atoms with E-state index in [1.807, 2.05) is 30.5 Å². The first kappa shape index (κ1) is 18.6. The van der Waals surface area contributed by atoms with Crippen molar-refractivity contribution in [2.24, 2.45) is 4.99 Å². The Hall–Kier alpha value is -2.80. The summed E-state index contributed by atoms with van der Waals surface area (Å²) in [5, 5.41) is 13.1. The highest BCUT2D eigenvalue weighted by Gasteiger charge is 2.20. The number of thiazole rings is 1. The molecule has 0 unspecified atom stereocenters. The Balaban J connectivity index is 1.73. The number of aromatic nitrogens is 2. The average Bonchev–Trinajstić information content (AvgIpc) is 3.17. The van der Waals surface area contributed by atoms with Crippen LogP contribution in [0.4, 0.5) is 5.69 Å². The fourth-order valence-corrected chi connectivity index (χ4v) is 4.71. The summed E-state index contributed by atoms with van der Waals surface area (Å²) in [5.74, 6) is 0. The van der Waals surface area contributed by atoms with Crippen LogP contribution in [0.5, 0.6) is 0 Å². The summed E-state index contributed by atoms with van der Waals surface area (Å²) < 4.78 is 2.35. The third kappa shape index (κ3) is 4.04. The normalized spacial score (nSPS) is 15.6. The fourth-order valence-electron chi connectivity index (χ4n) is 3.74. The molecule has 0 atom stereocenters. The molecule has 0 spiro atoms. The molecule has 2 heterocycles. The highest BCUT2D eigenvalue weighted by atomic mass is 32.1. The maximum atomic E-state index is 11.0. The van der Waals surface area contributed by atoms with E-state index in [4.69, 9.17) is 4.99 Å². The van der Waals surface area contributed by atoms with Crippen LogP contribution in [-0.4, -0.2) is 14.5 Å². The highest BCUT2D eigenvalue weighted by molar-refractivity contribution is 7.07. The van der Waals surface area contributed by atoms with E-state index in [1.54, 1.807) is 29.7 Å². The van der Waals surface area contributed by atoms with Crippen LogP contribution < -0.4 is 4.80 Å². The van der Waals surface area contributed by atoms with Crippen molar-refractivity contribution in [1.29, 1.82) is 0 Å². The first-order chi connectivity index (χ1) is 13.7. The van der Waals surface area contributed by atoms with Crippen LogP contribution in [0.3, 0.4) is 0 Å². The van der Waals surface area contributed by atoms with Gasteiger partial charge in [0.05, 0.1) is 17.2 Å². The fraction of sp³-hybridized carbons (Fsp3) is 0.333. The molecule has 144 valence electrons. The van der Waals surface area contributed by atoms with E-state index in [-0.39, 0.29) is 10.6 Å². The lowest BCUT2D eigenvalue weighted by Gasteiger charge is -2.25. The molecule has 0 saturated heterocycles. The maximum absolute atomic E-state index is 11.0. The van der Waals surface area contributed by atoms with Gasteiger partial charge < -0.3 is 4.57 Å². The molecule has 0 N–H and O–H groups in total. The SMILES string of the molecule is O=[N+]([O-])c1ccc(-c2csc(=NCc3cccnc3)n2C2CCCCC2)cc1. The predicted octanol–water partition coefficient (Wildman–Crippen LogP) is 5.13. The van der Waals surface area contributed by atoms with E-state index in [9.17, 15) is 10.1 Å². The Morgan fingerprint density at radius 1 is 1.18 bits per heavy atom. The van der Waals surface area contributed by atoms with Gasteiger partial charge in [-0.1, -0.05) is 25.3 Å². The third-order valence-corrected chi connectivity index (χ3v) is 6.05. The summed E-state index contributed by atoms with van der Waals surface area (Å²) in [6.45, 7) is 0.598.